The second-order valence-corrected chi connectivity index (χ2v) is 12.9. The first-order chi connectivity index (χ1) is 19.7. The summed E-state index contributed by atoms with van der Waals surface area (Å²) in [7, 11) is 0. The number of anilines is 1. The topological polar surface area (TPSA) is 89.6 Å². The third kappa shape index (κ3) is 5.77. The summed E-state index contributed by atoms with van der Waals surface area (Å²) >= 11 is 0. The van der Waals surface area contributed by atoms with Crippen LogP contribution in [0, 0.1) is 11.2 Å². The lowest BCUT2D eigenvalue weighted by atomic mass is 9.80. The molecule has 0 radical (unpaired) electrons. The zero-order valence-corrected chi connectivity index (χ0v) is 24.2. The second kappa shape index (κ2) is 11.2. The van der Waals surface area contributed by atoms with Gasteiger partial charge in [0, 0.05) is 41.3 Å². The average molecular weight is 561 g/mol. The molecule has 0 spiro atoms. The molecule has 1 aliphatic carbocycles. The molecule has 2 aliphatic heterocycles. The standard InChI is InChI=1S/C33H41FN4O3/c1-33(2)19-29-31(26-12-6-22(34)18-28(26)38(29)30(39)20-33)21-5-11-25(32(35)40)27(17-21)36-23-7-9-24(10-8-23)41-16-15-37-13-3-4-14-37/h5-6,11-12,17-18,23-24,36H,3-4,7-10,13-16,19-20H2,1-2H3,(H2,35,40)/t23-,24-. The Bertz CT molecular complexity index is 1460. The average Bonchev–Trinajstić information content (AvgIpc) is 3.54. The predicted octanol–water partition coefficient (Wildman–Crippen LogP) is 5.99. The largest absolute Gasteiger partial charge is 0.382 e. The number of likely N-dealkylation sites (tertiary alicyclic amines) is 1. The zero-order chi connectivity index (χ0) is 28.7. The van der Waals surface area contributed by atoms with Gasteiger partial charge in [-0.1, -0.05) is 19.9 Å². The molecular weight excluding hydrogens is 519 g/mol. The van der Waals surface area contributed by atoms with E-state index in [-0.39, 0.29) is 29.3 Å². The van der Waals surface area contributed by atoms with Crippen LogP contribution < -0.4 is 11.1 Å². The summed E-state index contributed by atoms with van der Waals surface area (Å²) in [6.07, 6.45) is 7.80. The van der Waals surface area contributed by atoms with E-state index in [9.17, 15) is 14.0 Å². The van der Waals surface area contributed by atoms with Gasteiger partial charge < -0.3 is 20.7 Å². The number of primary amides is 1. The lowest BCUT2D eigenvalue weighted by Gasteiger charge is -2.31. The molecule has 7 nitrogen and oxygen atoms in total. The minimum absolute atomic E-state index is 0.0235. The number of hydrogen-bond donors (Lipinski definition) is 2. The SMILES string of the molecule is CC1(C)CC(=O)n2c(c(-c3ccc(C(N)=O)c(N[C@H]4CC[C@H](OCCN5CCCC5)CC4)c3)c3ccc(F)cc32)C1. The predicted molar refractivity (Wildman–Crippen MR) is 160 cm³/mol. The fourth-order valence-electron chi connectivity index (χ4n) is 7.08. The third-order valence-corrected chi connectivity index (χ3v) is 9.12. The summed E-state index contributed by atoms with van der Waals surface area (Å²) in [5.74, 6) is -0.881. The molecule has 41 heavy (non-hydrogen) atoms. The van der Waals surface area contributed by atoms with Gasteiger partial charge in [0.05, 0.1) is 23.8 Å². The van der Waals surface area contributed by atoms with Crippen molar-refractivity contribution in [1.82, 2.24) is 9.47 Å². The number of fused-ring (bicyclic) bond motifs is 3. The molecular formula is C33H41FN4O3. The Morgan fingerprint density at radius 1 is 1.07 bits per heavy atom. The number of amides is 1. The molecule has 1 saturated carbocycles. The smallest absolute Gasteiger partial charge is 0.250 e. The van der Waals surface area contributed by atoms with E-state index in [2.05, 4.69) is 24.1 Å². The van der Waals surface area contributed by atoms with Gasteiger partial charge in [0.25, 0.3) is 5.91 Å². The monoisotopic (exact) mass is 560 g/mol. The van der Waals surface area contributed by atoms with Crippen molar-refractivity contribution in [2.45, 2.75) is 77.4 Å². The van der Waals surface area contributed by atoms with E-state index in [0.29, 0.717) is 29.6 Å². The summed E-state index contributed by atoms with van der Waals surface area (Å²) in [6, 6.07) is 10.5. The molecule has 3 aliphatic rings. The number of benzene rings is 2. The van der Waals surface area contributed by atoms with Gasteiger partial charge in [-0.15, -0.1) is 0 Å². The zero-order valence-electron chi connectivity index (χ0n) is 24.2. The van der Waals surface area contributed by atoms with Crippen molar-refractivity contribution in [2.24, 2.45) is 11.1 Å². The minimum atomic E-state index is -0.486. The Kier molecular flexibility index (Phi) is 7.64. The van der Waals surface area contributed by atoms with Gasteiger partial charge >= 0.3 is 0 Å². The van der Waals surface area contributed by atoms with Crippen LogP contribution in [0.5, 0.6) is 0 Å². The third-order valence-electron chi connectivity index (χ3n) is 9.12. The van der Waals surface area contributed by atoms with Gasteiger partial charge in [-0.05, 0) is 99.3 Å². The fourth-order valence-corrected chi connectivity index (χ4v) is 7.08. The highest BCUT2D eigenvalue weighted by Crippen LogP contribution is 2.43. The molecule has 0 atom stereocenters. The Hall–Kier alpha value is -3.23. The molecule has 8 heteroatoms. The number of carbonyl (C=O) groups is 2. The first-order valence-electron chi connectivity index (χ1n) is 15.1. The highest BCUT2D eigenvalue weighted by atomic mass is 19.1. The van der Waals surface area contributed by atoms with Crippen LogP contribution in [-0.4, -0.2) is 59.7 Å². The van der Waals surface area contributed by atoms with Crippen molar-refractivity contribution in [2.75, 3.05) is 31.6 Å². The van der Waals surface area contributed by atoms with Gasteiger partial charge in [-0.2, -0.15) is 0 Å². The number of aromatic nitrogens is 1. The Balaban J connectivity index is 1.25. The highest BCUT2D eigenvalue weighted by molar-refractivity contribution is 6.06. The van der Waals surface area contributed by atoms with Crippen molar-refractivity contribution < 1.29 is 18.7 Å². The lowest BCUT2D eigenvalue weighted by molar-refractivity contribution is 0.0170. The lowest BCUT2D eigenvalue weighted by Crippen LogP contribution is -2.32. The van der Waals surface area contributed by atoms with Crippen LogP contribution in [0.4, 0.5) is 10.1 Å². The van der Waals surface area contributed by atoms with Crippen LogP contribution >= 0.6 is 0 Å². The van der Waals surface area contributed by atoms with Crippen LogP contribution in [0.1, 0.15) is 79.6 Å². The van der Waals surface area contributed by atoms with E-state index in [4.69, 9.17) is 10.5 Å². The molecule has 3 N–H and O–H groups in total. The van der Waals surface area contributed by atoms with E-state index in [0.717, 1.165) is 61.0 Å². The summed E-state index contributed by atoms with van der Waals surface area (Å²) in [5.41, 5.74) is 10.00. The van der Waals surface area contributed by atoms with Crippen molar-refractivity contribution in [3.05, 3.63) is 53.5 Å². The van der Waals surface area contributed by atoms with E-state index < -0.39 is 5.91 Å². The number of hydrogen-bond acceptors (Lipinski definition) is 5. The fraction of sp³-hybridized carbons (Fsp3) is 0.515. The van der Waals surface area contributed by atoms with Gasteiger partial charge in [0.2, 0.25) is 5.91 Å². The van der Waals surface area contributed by atoms with Crippen molar-refractivity contribution in [3.8, 4) is 11.1 Å². The van der Waals surface area contributed by atoms with Crippen LogP contribution in [0.15, 0.2) is 36.4 Å². The molecule has 2 aromatic carbocycles. The maximum Gasteiger partial charge on any atom is 0.250 e. The Morgan fingerprint density at radius 2 is 1.83 bits per heavy atom. The van der Waals surface area contributed by atoms with Crippen LogP contribution in [0.25, 0.3) is 22.0 Å². The van der Waals surface area contributed by atoms with Crippen molar-refractivity contribution in [1.29, 1.82) is 0 Å². The molecule has 3 aromatic rings. The number of nitrogens with one attached hydrogen (secondary N) is 1. The number of nitrogens with zero attached hydrogens (tertiary/aromatic N) is 2. The summed E-state index contributed by atoms with van der Waals surface area (Å²) in [5, 5.41) is 4.45. The Morgan fingerprint density at radius 3 is 2.56 bits per heavy atom. The number of ether oxygens (including phenoxy) is 1. The van der Waals surface area contributed by atoms with Crippen LogP contribution in [-0.2, 0) is 11.2 Å². The van der Waals surface area contributed by atoms with Crippen LogP contribution in [0.3, 0.4) is 0 Å². The number of rotatable bonds is 8. The van der Waals surface area contributed by atoms with Gasteiger partial charge in [-0.3, -0.25) is 14.2 Å². The molecule has 1 saturated heterocycles. The molecule has 3 heterocycles. The summed E-state index contributed by atoms with van der Waals surface area (Å²) in [6.45, 7) is 8.36. The maximum absolute atomic E-state index is 14.3. The van der Waals surface area contributed by atoms with Gasteiger partial charge in [0.1, 0.15) is 5.82 Å². The molecule has 0 unspecified atom stereocenters. The Labute approximate surface area is 241 Å². The van der Waals surface area contributed by atoms with Gasteiger partial charge in [-0.25, -0.2) is 4.39 Å². The molecule has 6 rings (SSSR count). The molecule has 1 aromatic heterocycles. The first kappa shape index (κ1) is 27.9. The summed E-state index contributed by atoms with van der Waals surface area (Å²) < 4.78 is 22.2. The van der Waals surface area contributed by atoms with E-state index >= 15 is 0 Å². The molecule has 1 amide bonds. The number of carbonyl (C=O) groups excluding carboxylic acids is 2. The van der Waals surface area contributed by atoms with E-state index in [1.165, 1.54) is 38.1 Å². The maximum atomic E-state index is 14.3. The quantitative estimate of drug-likeness (QED) is 0.353. The first-order valence-corrected chi connectivity index (χ1v) is 15.1. The normalized spacial score (nSPS) is 22.7. The number of halogens is 1. The van der Waals surface area contributed by atoms with Gasteiger partial charge in [0.15, 0.2) is 0 Å². The van der Waals surface area contributed by atoms with Crippen molar-refractivity contribution in [3.63, 3.8) is 0 Å². The molecule has 0 bridgehead atoms. The van der Waals surface area contributed by atoms with Crippen LogP contribution in [0.2, 0.25) is 0 Å². The summed E-state index contributed by atoms with van der Waals surface area (Å²) in [4.78, 5) is 28.2. The second-order valence-electron chi connectivity index (χ2n) is 12.9. The van der Waals surface area contributed by atoms with E-state index in [1.54, 1.807) is 16.7 Å². The number of nitrogens with two attached hydrogens (primary N) is 1. The highest BCUT2D eigenvalue weighted by Gasteiger charge is 2.35. The molecule has 218 valence electrons. The van der Waals surface area contributed by atoms with Crippen molar-refractivity contribution >= 4 is 28.4 Å². The molecule has 2 fully saturated rings. The van der Waals surface area contributed by atoms with E-state index in [1.807, 2.05) is 12.1 Å². The minimum Gasteiger partial charge on any atom is -0.382 e.